The van der Waals surface area contributed by atoms with Crippen molar-refractivity contribution in [3.8, 4) is 16.8 Å². The van der Waals surface area contributed by atoms with E-state index < -0.39 is 0 Å². The number of aryl methyl sites for hydroxylation is 1. The molecule has 9 rings (SSSR count). The van der Waals surface area contributed by atoms with Gasteiger partial charge in [0.2, 0.25) is 0 Å². The summed E-state index contributed by atoms with van der Waals surface area (Å²) in [5, 5.41) is 7.42. The molecule has 0 saturated carbocycles. The second-order valence-corrected chi connectivity index (χ2v) is 12.2. The van der Waals surface area contributed by atoms with Crippen LogP contribution in [0.15, 0.2) is 176 Å². The van der Waals surface area contributed by atoms with Gasteiger partial charge in [0.15, 0.2) is 0 Å². The van der Waals surface area contributed by atoms with Gasteiger partial charge in [-0.1, -0.05) is 133 Å². The lowest BCUT2D eigenvalue weighted by molar-refractivity contribution is 1.18. The van der Waals surface area contributed by atoms with Crippen LogP contribution in [0.4, 0.5) is 17.1 Å². The molecule has 222 valence electrons. The molecular formula is C45H32N2. The fourth-order valence-electron chi connectivity index (χ4n) is 7.37. The van der Waals surface area contributed by atoms with Crippen LogP contribution in [-0.2, 0) is 0 Å². The minimum absolute atomic E-state index is 1.12. The van der Waals surface area contributed by atoms with Crippen LogP contribution in [0, 0.1) is 6.92 Å². The van der Waals surface area contributed by atoms with E-state index >= 15 is 0 Å². The summed E-state index contributed by atoms with van der Waals surface area (Å²) in [6, 6.07) is 63.8. The predicted molar refractivity (Wildman–Crippen MR) is 201 cm³/mol. The van der Waals surface area contributed by atoms with Crippen LogP contribution < -0.4 is 4.90 Å². The highest BCUT2D eigenvalue weighted by atomic mass is 15.1. The van der Waals surface area contributed by atoms with Crippen LogP contribution in [0.1, 0.15) is 5.56 Å². The van der Waals surface area contributed by atoms with E-state index in [1.54, 1.807) is 0 Å². The SMILES string of the molecule is Cc1ccc2c(N(c3ccccc3)c3ccc4c(c3)c3ccccc3n4-c3ccccc3)c3ccccc3c(-c3ccccc3)c2c1. The highest BCUT2D eigenvalue weighted by Gasteiger charge is 2.23. The zero-order valence-electron chi connectivity index (χ0n) is 26.1. The molecule has 0 bridgehead atoms. The number of rotatable bonds is 5. The molecule has 2 heteroatoms. The number of aromatic nitrogens is 1. The second-order valence-electron chi connectivity index (χ2n) is 12.2. The fraction of sp³-hybridized carbons (Fsp3) is 0.0222. The van der Waals surface area contributed by atoms with E-state index in [-0.39, 0.29) is 0 Å². The second kappa shape index (κ2) is 11.0. The molecule has 47 heavy (non-hydrogen) atoms. The van der Waals surface area contributed by atoms with Crippen LogP contribution >= 0.6 is 0 Å². The molecule has 0 unspecified atom stereocenters. The Labute approximate surface area is 274 Å². The summed E-state index contributed by atoms with van der Waals surface area (Å²) in [5.41, 5.74) is 10.7. The molecule has 0 fully saturated rings. The minimum Gasteiger partial charge on any atom is -0.309 e. The maximum absolute atomic E-state index is 2.46. The van der Waals surface area contributed by atoms with E-state index in [9.17, 15) is 0 Å². The van der Waals surface area contributed by atoms with Crippen molar-refractivity contribution in [2.24, 2.45) is 0 Å². The summed E-state index contributed by atoms with van der Waals surface area (Å²) < 4.78 is 2.38. The molecule has 1 aromatic heterocycles. The van der Waals surface area contributed by atoms with Crippen molar-refractivity contribution in [2.45, 2.75) is 6.92 Å². The Hall–Kier alpha value is -6.12. The first-order chi connectivity index (χ1) is 23.3. The average molecular weight is 601 g/mol. The summed E-state index contributed by atoms with van der Waals surface area (Å²) in [7, 11) is 0. The number of para-hydroxylation sites is 3. The van der Waals surface area contributed by atoms with E-state index in [2.05, 4.69) is 192 Å². The molecule has 0 atom stereocenters. The largest absolute Gasteiger partial charge is 0.309 e. The summed E-state index contributed by atoms with van der Waals surface area (Å²) >= 11 is 0. The third-order valence-corrected chi connectivity index (χ3v) is 9.38. The third kappa shape index (κ3) is 4.41. The van der Waals surface area contributed by atoms with Crippen molar-refractivity contribution in [2.75, 3.05) is 4.90 Å². The van der Waals surface area contributed by atoms with Gasteiger partial charge in [-0.3, -0.25) is 0 Å². The highest BCUT2D eigenvalue weighted by Crippen LogP contribution is 2.49. The van der Waals surface area contributed by atoms with Crippen LogP contribution in [0.2, 0.25) is 0 Å². The van der Waals surface area contributed by atoms with Crippen molar-refractivity contribution in [3.05, 3.63) is 181 Å². The van der Waals surface area contributed by atoms with Gasteiger partial charge in [-0.05, 0) is 77.4 Å². The molecule has 0 aliphatic heterocycles. The molecule has 0 radical (unpaired) electrons. The maximum atomic E-state index is 2.46. The molecule has 0 spiro atoms. The normalized spacial score (nSPS) is 11.5. The van der Waals surface area contributed by atoms with Crippen molar-refractivity contribution in [1.82, 2.24) is 4.57 Å². The van der Waals surface area contributed by atoms with Gasteiger partial charge in [0, 0.05) is 38.6 Å². The topological polar surface area (TPSA) is 8.17 Å². The van der Waals surface area contributed by atoms with Gasteiger partial charge in [-0.25, -0.2) is 0 Å². The molecule has 0 amide bonds. The lowest BCUT2D eigenvalue weighted by atomic mass is 9.89. The minimum atomic E-state index is 1.12. The number of hydrogen-bond acceptors (Lipinski definition) is 1. The third-order valence-electron chi connectivity index (χ3n) is 9.38. The van der Waals surface area contributed by atoms with Gasteiger partial charge in [0.1, 0.15) is 0 Å². The first-order valence-electron chi connectivity index (χ1n) is 16.2. The van der Waals surface area contributed by atoms with E-state index in [1.807, 2.05) is 0 Å². The summed E-state index contributed by atoms with van der Waals surface area (Å²) in [6.45, 7) is 2.19. The van der Waals surface area contributed by atoms with Crippen molar-refractivity contribution in [1.29, 1.82) is 0 Å². The zero-order chi connectivity index (χ0) is 31.3. The van der Waals surface area contributed by atoms with Crippen LogP contribution in [0.3, 0.4) is 0 Å². The van der Waals surface area contributed by atoms with E-state index in [4.69, 9.17) is 0 Å². The number of fused-ring (bicyclic) bond motifs is 5. The van der Waals surface area contributed by atoms with Gasteiger partial charge in [0.25, 0.3) is 0 Å². The van der Waals surface area contributed by atoms with Gasteiger partial charge < -0.3 is 9.47 Å². The Balaban J connectivity index is 1.39. The number of anilines is 3. The first-order valence-corrected chi connectivity index (χ1v) is 16.2. The molecule has 0 aliphatic carbocycles. The van der Waals surface area contributed by atoms with Crippen LogP contribution in [-0.4, -0.2) is 4.57 Å². The van der Waals surface area contributed by atoms with Crippen molar-refractivity contribution in [3.63, 3.8) is 0 Å². The van der Waals surface area contributed by atoms with Gasteiger partial charge in [-0.2, -0.15) is 0 Å². The first kappa shape index (κ1) is 27.2. The monoisotopic (exact) mass is 600 g/mol. The molecule has 0 N–H and O–H groups in total. The number of hydrogen-bond donors (Lipinski definition) is 0. The molecule has 2 nitrogen and oxygen atoms in total. The smallest absolute Gasteiger partial charge is 0.0618 e. The Kier molecular flexibility index (Phi) is 6.39. The quantitative estimate of drug-likeness (QED) is 0.178. The fourth-order valence-corrected chi connectivity index (χ4v) is 7.37. The van der Waals surface area contributed by atoms with Crippen molar-refractivity contribution < 1.29 is 0 Å². The van der Waals surface area contributed by atoms with Crippen LogP contribution in [0.5, 0.6) is 0 Å². The summed E-state index contributed by atoms with van der Waals surface area (Å²) in [6.07, 6.45) is 0. The molecule has 1 heterocycles. The molecule has 0 saturated heterocycles. The van der Waals surface area contributed by atoms with E-state index in [0.29, 0.717) is 0 Å². The molecule has 9 aromatic rings. The predicted octanol–water partition coefficient (Wildman–Crippen LogP) is 12.5. The lowest BCUT2D eigenvalue weighted by Gasteiger charge is -2.30. The van der Waals surface area contributed by atoms with E-state index in [0.717, 1.165) is 17.1 Å². The Morgan fingerprint density at radius 1 is 0.404 bits per heavy atom. The molecular weight excluding hydrogens is 569 g/mol. The van der Waals surface area contributed by atoms with Crippen LogP contribution in [0.25, 0.3) is 60.2 Å². The Bertz CT molecular complexity index is 2560. The lowest BCUT2D eigenvalue weighted by Crippen LogP contribution is -2.11. The standard InChI is InChI=1S/C45H32N2/c1-31-25-27-39-41(29-31)44(32-15-5-2-6-16-32)37-22-11-12-23-38(37)45(39)46(33-17-7-3-8-18-33)35-26-28-43-40(30-35)36-21-13-14-24-42(36)47(43)34-19-9-4-10-20-34/h2-30H,1H3. The Morgan fingerprint density at radius 2 is 1.00 bits per heavy atom. The van der Waals surface area contributed by atoms with Gasteiger partial charge in [0.05, 0.1) is 16.7 Å². The zero-order valence-corrected chi connectivity index (χ0v) is 26.1. The van der Waals surface area contributed by atoms with E-state index in [1.165, 1.54) is 65.7 Å². The van der Waals surface area contributed by atoms with Crippen molar-refractivity contribution >= 4 is 60.4 Å². The number of benzene rings is 8. The van der Waals surface area contributed by atoms with Gasteiger partial charge in [-0.15, -0.1) is 0 Å². The average Bonchev–Trinajstić information content (AvgIpc) is 3.46. The van der Waals surface area contributed by atoms with Gasteiger partial charge >= 0.3 is 0 Å². The Morgan fingerprint density at radius 3 is 1.77 bits per heavy atom. The highest BCUT2D eigenvalue weighted by molar-refractivity contribution is 6.23. The summed E-state index contributed by atoms with van der Waals surface area (Å²) in [4.78, 5) is 2.46. The molecule has 8 aromatic carbocycles. The molecule has 0 aliphatic rings. The maximum Gasteiger partial charge on any atom is 0.0618 e. The number of nitrogens with zero attached hydrogens (tertiary/aromatic N) is 2. The summed E-state index contributed by atoms with van der Waals surface area (Å²) in [5.74, 6) is 0.